The molecule has 10 heteroatoms. The molecule has 0 aliphatic heterocycles. The number of methoxy groups -OCH3 is 1. The molecule has 0 saturated heterocycles. The number of benzene rings is 3. The highest BCUT2D eigenvalue weighted by atomic mass is 35.5. The Balaban J connectivity index is 2.10. The average Bonchev–Trinajstić information content (AvgIpc) is 2.95. The molecule has 226 valence electrons. The number of amides is 2. The fourth-order valence-corrected chi connectivity index (χ4v) is 6.20. The number of hydrogen-bond acceptors (Lipinski definition) is 5. The Hall–Kier alpha value is -3.56. The van der Waals surface area contributed by atoms with Gasteiger partial charge in [0.2, 0.25) is 11.8 Å². The predicted octanol–water partition coefficient (Wildman–Crippen LogP) is 5.88. The smallest absolute Gasteiger partial charge is 0.264 e. The molecule has 0 aliphatic carbocycles. The van der Waals surface area contributed by atoms with Crippen LogP contribution in [0.1, 0.15) is 50.3 Å². The van der Waals surface area contributed by atoms with Crippen molar-refractivity contribution in [2.45, 2.75) is 71.0 Å². The van der Waals surface area contributed by atoms with Gasteiger partial charge in [0.1, 0.15) is 18.3 Å². The van der Waals surface area contributed by atoms with E-state index in [1.807, 2.05) is 58.9 Å². The van der Waals surface area contributed by atoms with Gasteiger partial charge in [-0.05, 0) is 69.5 Å². The minimum atomic E-state index is -4.21. The maximum atomic E-state index is 14.2. The van der Waals surface area contributed by atoms with Gasteiger partial charge in [-0.2, -0.15) is 0 Å². The van der Waals surface area contributed by atoms with Crippen LogP contribution in [0.4, 0.5) is 5.69 Å². The minimum Gasteiger partial charge on any atom is -0.495 e. The van der Waals surface area contributed by atoms with E-state index in [4.69, 9.17) is 16.3 Å². The van der Waals surface area contributed by atoms with Gasteiger partial charge < -0.3 is 15.0 Å². The fraction of sp³-hybridized carbons (Fsp3) is 0.375. The molecule has 42 heavy (non-hydrogen) atoms. The third kappa shape index (κ3) is 8.04. The lowest BCUT2D eigenvalue weighted by Crippen LogP contribution is -2.53. The van der Waals surface area contributed by atoms with Crippen molar-refractivity contribution in [2.75, 3.05) is 18.0 Å². The maximum absolute atomic E-state index is 14.2. The number of carbonyl (C=O) groups excluding carboxylic acids is 2. The van der Waals surface area contributed by atoms with E-state index in [-0.39, 0.29) is 34.1 Å². The van der Waals surface area contributed by atoms with Crippen LogP contribution in [0.5, 0.6) is 5.75 Å². The summed E-state index contributed by atoms with van der Waals surface area (Å²) in [6.45, 7) is 9.11. The average molecular weight is 614 g/mol. The molecule has 0 heterocycles. The van der Waals surface area contributed by atoms with Crippen molar-refractivity contribution in [2.24, 2.45) is 0 Å². The summed E-state index contributed by atoms with van der Waals surface area (Å²) in [4.78, 5) is 29.1. The SMILES string of the molecule is CCC(C)NC(=O)C(CC)N(Cc1cccc(C)c1)C(=O)CN(c1ccc(OC)c(Cl)c1)S(=O)(=O)c1ccc(C)cc1. The molecular weight excluding hydrogens is 574 g/mol. The second-order valence-corrected chi connectivity index (χ2v) is 12.7. The first-order valence-corrected chi connectivity index (χ1v) is 15.8. The lowest BCUT2D eigenvalue weighted by molar-refractivity contribution is -0.140. The number of carbonyl (C=O) groups is 2. The Morgan fingerprint density at radius 1 is 0.952 bits per heavy atom. The number of hydrogen-bond donors (Lipinski definition) is 1. The van der Waals surface area contributed by atoms with E-state index in [0.29, 0.717) is 12.2 Å². The molecule has 0 saturated carbocycles. The lowest BCUT2D eigenvalue weighted by atomic mass is 10.1. The molecule has 0 fully saturated rings. The Kier molecular flexibility index (Phi) is 11.4. The first-order valence-electron chi connectivity index (χ1n) is 14.0. The Labute approximate surface area is 254 Å². The van der Waals surface area contributed by atoms with Gasteiger partial charge >= 0.3 is 0 Å². The van der Waals surface area contributed by atoms with Crippen molar-refractivity contribution >= 4 is 39.1 Å². The molecule has 8 nitrogen and oxygen atoms in total. The number of rotatable bonds is 13. The van der Waals surface area contributed by atoms with Crippen LogP contribution in [0, 0.1) is 13.8 Å². The Morgan fingerprint density at radius 3 is 2.21 bits per heavy atom. The number of halogens is 1. The summed E-state index contributed by atoms with van der Waals surface area (Å²) >= 11 is 6.39. The van der Waals surface area contributed by atoms with Crippen LogP contribution in [0.3, 0.4) is 0 Å². The summed E-state index contributed by atoms with van der Waals surface area (Å²) in [6.07, 6.45) is 1.08. The van der Waals surface area contributed by atoms with Crippen LogP contribution in [0.2, 0.25) is 5.02 Å². The van der Waals surface area contributed by atoms with Gasteiger partial charge in [0.05, 0.1) is 22.7 Å². The third-order valence-corrected chi connectivity index (χ3v) is 9.22. The summed E-state index contributed by atoms with van der Waals surface area (Å²) in [6, 6.07) is 17.7. The molecule has 0 aliphatic rings. The third-order valence-electron chi connectivity index (χ3n) is 7.13. The van der Waals surface area contributed by atoms with E-state index in [1.54, 1.807) is 24.3 Å². The van der Waals surface area contributed by atoms with E-state index < -0.39 is 28.5 Å². The van der Waals surface area contributed by atoms with Crippen LogP contribution in [0.15, 0.2) is 71.6 Å². The first-order chi connectivity index (χ1) is 19.9. The van der Waals surface area contributed by atoms with Gasteiger partial charge in [0.25, 0.3) is 10.0 Å². The number of nitrogens with one attached hydrogen (secondary N) is 1. The first kappa shape index (κ1) is 32.9. The zero-order valence-electron chi connectivity index (χ0n) is 25.1. The lowest BCUT2D eigenvalue weighted by Gasteiger charge is -2.34. The molecule has 0 radical (unpaired) electrons. The van der Waals surface area contributed by atoms with E-state index in [2.05, 4.69) is 5.32 Å². The highest BCUT2D eigenvalue weighted by Gasteiger charge is 2.34. The molecule has 0 spiro atoms. The number of anilines is 1. The highest BCUT2D eigenvalue weighted by molar-refractivity contribution is 7.92. The molecule has 2 atom stereocenters. The van der Waals surface area contributed by atoms with E-state index >= 15 is 0 Å². The highest BCUT2D eigenvalue weighted by Crippen LogP contribution is 2.32. The predicted molar refractivity (Wildman–Crippen MR) is 167 cm³/mol. The monoisotopic (exact) mass is 613 g/mol. The molecular formula is C32H40ClN3O5S. The van der Waals surface area contributed by atoms with Crippen LogP contribution in [0.25, 0.3) is 0 Å². The van der Waals surface area contributed by atoms with Crippen molar-refractivity contribution in [3.05, 3.63) is 88.4 Å². The molecule has 3 aromatic rings. The molecule has 0 aromatic heterocycles. The summed E-state index contributed by atoms with van der Waals surface area (Å²) in [5, 5.41) is 3.18. The normalized spacial score (nSPS) is 12.7. The maximum Gasteiger partial charge on any atom is 0.264 e. The van der Waals surface area contributed by atoms with Crippen molar-refractivity contribution in [3.8, 4) is 5.75 Å². The van der Waals surface area contributed by atoms with Gasteiger partial charge in [0.15, 0.2) is 0 Å². The van der Waals surface area contributed by atoms with Crippen LogP contribution >= 0.6 is 11.6 Å². The summed E-state index contributed by atoms with van der Waals surface area (Å²) in [7, 11) is -2.74. The standard InChI is InChI=1S/C32H40ClN3O5S/c1-7-24(5)34-32(38)29(8-2)35(20-25-11-9-10-23(4)18-25)31(37)21-36(26-14-17-30(41-6)28(33)19-26)42(39,40)27-15-12-22(3)13-16-27/h9-19,24,29H,7-8,20-21H2,1-6H3,(H,34,38). The van der Waals surface area contributed by atoms with Gasteiger partial charge in [-0.15, -0.1) is 0 Å². The second-order valence-electron chi connectivity index (χ2n) is 10.4. The number of aryl methyl sites for hydroxylation is 2. The zero-order chi connectivity index (χ0) is 31.0. The largest absolute Gasteiger partial charge is 0.495 e. The molecule has 1 N–H and O–H groups in total. The second kappa shape index (κ2) is 14.6. The van der Waals surface area contributed by atoms with Crippen LogP contribution in [-0.4, -0.2) is 50.9 Å². The zero-order valence-corrected chi connectivity index (χ0v) is 26.6. The summed E-state index contributed by atoms with van der Waals surface area (Å²) in [5.41, 5.74) is 2.93. The van der Waals surface area contributed by atoms with Crippen LogP contribution < -0.4 is 14.4 Å². The van der Waals surface area contributed by atoms with Gasteiger partial charge in [-0.3, -0.25) is 13.9 Å². The van der Waals surface area contributed by atoms with E-state index in [0.717, 1.165) is 27.4 Å². The molecule has 3 aromatic carbocycles. The van der Waals surface area contributed by atoms with Gasteiger partial charge in [-0.25, -0.2) is 8.42 Å². The number of ether oxygens (including phenoxy) is 1. The van der Waals surface area contributed by atoms with E-state index in [9.17, 15) is 18.0 Å². The summed E-state index contributed by atoms with van der Waals surface area (Å²) < 4.78 is 34.3. The quantitative estimate of drug-likeness (QED) is 0.260. The van der Waals surface area contributed by atoms with Crippen molar-refractivity contribution in [1.29, 1.82) is 0 Å². The Bertz CT molecular complexity index is 1490. The molecule has 3 rings (SSSR count). The van der Waals surface area contributed by atoms with Crippen LogP contribution in [-0.2, 0) is 26.2 Å². The topological polar surface area (TPSA) is 96.0 Å². The fourth-order valence-electron chi connectivity index (χ4n) is 4.54. The molecule has 0 bridgehead atoms. The number of sulfonamides is 1. The van der Waals surface area contributed by atoms with Gasteiger partial charge in [-0.1, -0.05) is 73.0 Å². The molecule has 2 amide bonds. The Morgan fingerprint density at radius 2 is 1.64 bits per heavy atom. The van der Waals surface area contributed by atoms with E-state index in [1.165, 1.54) is 30.2 Å². The van der Waals surface area contributed by atoms with Crippen molar-refractivity contribution in [1.82, 2.24) is 10.2 Å². The molecule has 2 unspecified atom stereocenters. The summed E-state index contributed by atoms with van der Waals surface area (Å²) in [5.74, 6) is -0.438. The van der Waals surface area contributed by atoms with Crippen molar-refractivity contribution in [3.63, 3.8) is 0 Å². The van der Waals surface area contributed by atoms with Crippen molar-refractivity contribution < 1.29 is 22.7 Å². The minimum absolute atomic E-state index is 0.0274. The van der Waals surface area contributed by atoms with Gasteiger partial charge in [0, 0.05) is 12.6 Å². The number of nitrogens with zero attached hydrogens (tertiary/aromatic N) is 2.